The third-order valence-electron chi connectivity index (χ3n) is 13.0. The Morgan fingerprint density at radius 1 is 0.552 bits per heavy atom. The van der Waals surface area contributed by atoms with Crippen LogP contribution in [-0.2, 0) is 23.8 Å². The highest BCUT2D eigenvalue weighted by molar-refractivity contribution is 5.76. The molecule has 0 aliphatic carbocycles. The fraction of sp³-hybridized carbons (Fsp3) is 0.857. The van der Waals surface area contributed by atoms with Gasteiger partial charge in [-0.15, -0.1) is 0 Å². The van der Waals surface area contributed by atoms with E-state index in [0.29, 0.717) is 19.4 Å². The molecule has 1 aliphatic heterocycles. The Morgan fingerprint density at radius 2 is 1.00 bits per heavy atom. The molecule has 0 radical (unpaired) electrons. The Labute approximate surface area is 409 Å². The van der Waals surface area contributed by atoms with E-state index in [1.807, 2.05) is 6.08 Å². The summed E-state index contributed by atoms with van der Waals surface area (Å²) < 4.78 is 16.7. The quantitative estimate of drug-likeness (QED) is 0.0196. The highest BCUT2D eigenvalue weighted by atomic mass is 16.7. The van der Waals surface area contributed by atoms with Crippen molar-refractivity contribution < 1.29 is 49.3 Å². The van der Waals surface area contributed by atoms with Gasteiger partial charge in [-0.2, -0.15) is 0 Å². The summed E-state index contributed by atoms with van der Waals surface area (Å²) in [6, 6.07) is -0.817. The Kier molecular flexibility index (Phi) is 43.4. The van der Waals surface area contributed by atoms with Gasteiger partial charge < -0.3 is 45.1 Å². The molecule has 0 saturated carbocycles. The smallest absolute Gasteiger partial charge is 0.305 e. The van der Waals surface area contributed by atoms with Gasteiger partial charge in [-0.05, 0) is 64.2 Å². The van der Waals surface area contributed by atoms with E-state index >= 15 is 0 Å². The van der Waals surface area contributed by atoms with Gasteiger partial charge >= 0.3 is 5.97 Å². The van der Waals surface area contributed by atoms with Crippen molar-refractivity contribution in [3.8, 4) is 0 Å². The van der Waals surface area contributed by atoms with Gasteiger partial charge in [0.15, 0.2) is 6.29 Å². The third kappa shape index (κ3) is 36.5. The number of unbranched alkanes of at least 4 members (excludes halogenated alkanes) is 29. The standard InChI is InChI=1S/C56H103NO10/c1-3-5-7-9-11-13-14-15-16-17-21-24-28-32-36-40-44-52(61)65-45-41-37-33-29-25-22-19-18-20-23-27-31-35-39-43-51(60)57-48(49(59)42-38-34-30-26-12-10-8-6-4-2)47-66-56-55(64)54(63)53(62)50(46-58)67-56/h13-14,16-17,38,42,48-50,53-56,58-59,62-64H,3-12,15,18-37,39-41,43-47H2,1-2H3,(H,57,60)/b14-13-,17-16-,42-38+. The van der Waals surface area contributed by atoms with E-state index in [-0.39, 0.29) is 18.5 Å². The summed E-state index contributed by atoms with van der Waals surface area (Å²) in [6.45, 7) is 4.24. The highest BCUT2D eigenvalue weighted by Crippen LogP contribution is 2.23. The largest absolute Gasteiger partial charge is 0.466 e. The van der Waals surface area contributed by atoms with Gasteiger partial charge in [-0.25, -0.2) is 0 Å². The summed E-state index contributed by atoms with van der Waals surface area (Å²) in [5.74, 6) is -0.233. The van der Waals surface area contributed by atoms with Crippen LogP contribution in [-0.4, -0.2) is 100 Å². The molecule has 1 aliphatic rings. The van der Waals surface area contributed by atoms with Crippen molar-refractivity contribution in [2.45, 2.75) is 288 Å². The van der Waals surface area contributed by atoms with Crippen LogP contribution in [0.2, 0.25) is 0 Å². The van der Waals surface area contributed by atoms with Crippen molar-refractivity contribution in [2.75, 3.05) is 19.8 Å². The first-order valence-electron chi connectivity index (χ1n) is 27.8. The van der Waals surface area contributed by atoms with E-state index in [9.17, 15) is 35.1 Å². The first-order valence-corrected chi connectivity index (χ1v) is 27.8. The number of ether oxygens (including phenoxy) is 3. The molecule has 0 aromatic rings. The molecule has 0 bridgehead atoms. The molecule has 11 nitrogen and oxygen atoms in total. The number of esters is 1. The molecule has 392 valence electrons. The number of carbonyl (C=O) groups excluding carboxylic acids is 2. The zero-order chi connectivity index (χ0) is 48.8. The molecular weight excluding hydrogens is 847 g/mol. The summed E-state index contributed by atoms with van der Waals surface area (Å²) in [6.07, 6.45) is 45.1. The average Bonchev–Trinajstić information content (AvgIpc) is 3.32. The molecular formula is C56H103NO10. The molecule has 0 aromatic carbocycles. The number of amides is 1. The molecule has 1 amide bonds. The van der Waals surface area contributed by atoms with Crippen LogP contribution in [0, 0.1) is 0 Å². The molecule has 7 atom stereocenters. The minimum atomic E-state index is -1.57. The van der Waals surface area contributed by atoms with E-state index in [4.69, 9.17) is 14.2 Å². The number of hydrogen-bond donors (Lipinski definition) is 6. The number of allylic oxidation sites excluding steroid dienone is 5. The molecule has 67 heavy (non-hydrogen) atoms. The first-order chi connectivity index (χ1) is 32.7. The molecule has 1 rings (SSSR count). The van der Waals surface area contributed by atoms with Gasteiger partial charge in [-0.3, -0.25) is 9.59 Å². The lowest BCUT2D eigenvalue weighted by Gasteiger charge is -2.40. The molecule has 0 spiro atoms. The molecule has 1 saturated heterocycles. The van der Waals surface area contributed by atoms with Crippen LogP contribution in [0.15, 0.2) is 36.5 Å². The van der Waals surface area contributed by atoms with Crippen LogP contribution < -0.4 is 5.32 Å². The normalized spacial score (nSPS) is 19.8. The Bertz CT molecular complexity index is 1210. The molecule has 0 aromatic heterocycles. The fourth-order valence-electron chi connectivity index (χ4n) is 8.52. The minimum Gasteiger partial charge on any atom is -0.466 e. The Balaban J connectivity index is 2.07. The molecule has 6 N–H and O–H groups in total. The lowest BCUT2D eigenvalue weighted by Crippen LogP contribution is -2.60. The Hall–Kier alpha value is -2.12. The number of nitrogens with one attached hydrogen (secondary N) is 1. The van der Waals surface area contributed by atoms with Crippen LogP contribution in [0.1, 0.15) is 245 Å². The van der Waals surface area contributed by atoms with Crippen molar-refractivity contribution in [1.82, 2.24) is 5.32 Å². The monoisotopic (exact) mass is 950 g/mol. The van der Waals surface area contributed by atoms with Gasteiger partial charge in [0.05, 0.1) is 32.0 Å². The van der Waals surface area contributed by atoms with Crippen molar-refractivity contribution in [3.63, 3.8) is 0 Å². The van der Waals surface area contributed by atoms with Crippen LogP contribution in [0.25, 0.3) is 0 Å². The predicted octanol–water partition coefficient (Wildman–Crippen LogP) is 11.9. The second kappa shape index (κ2) is 46.3. The second-order valence-corrected chi connectivity index (χ2v) is 19.3. The van der Waals surface area contributed by atoms with E-state index in [1.54, 1.807) is 6.08 Å². The lowest BCUT2D eigenvalue weighted by atomic mass is 9.99. The number of rotatable bonds is 47. The molecule has 11 heteroatoms. The third-order valence-corrected chi connectivity index (χ3v) is 13.0. The van der Waals surface area contributed by atoms with Crippen molar-refractivity contribution in [2.24, 2.45) is 0 Å². The maximum atomic E-state index is 13.0. The van der Waals surface area contributed by atoms with Crippen LogP contribution in [0.3, 0.4) is 0 Å². The van der Waals surface area contributed by atoms with Crippen molar-refractivity contribution in [1.29, 1.82) is 0 Å². The summed E-state index contributed by atoms with van der Waals surface area (Å²) in [7, 11) is 0. The second-order valence-electron chi connectivity index (χ2n) is 19.3. The summed E-state index contributed by atoms with van der Waals surface area (Å²) in [4.78, 5) is 25.1. The number of carbonyl (C=O) groups is 2. The van der Waals surface area contributed by atoms with Crippen molar-refractivity contribution in [3.05, 3.63) is 36.5 Å². The minimum absolute atomic E-state index is 0.0369. The topological polar surface area (TPSA) is 175 Å². The van der Waals surface area contributed by atoms with Gasteiger partial charge in [0.1, 0.15) is 24.4 Å². The van der Waals surface area contributed by atoms with Gasteiger partial charge in [-0.1, -0.05) is 204 Å². The average molecular weight is 950 g/mol. The van der Waals surface area contributed by atoms with Gasteiger partial charge in [0, 0.05) is 12.8 Å². The molecule has 1 heterocycles. The Morgan fingerprint density at radius 3 is 1.52 bits per heavy atom. The van der Waals surface area contributed by atoms with E-state index in [1.165, 1.54) is 135 Å². The first kappa shape index (κ1) is 62.9. The fourth-order valence-corrected chi connectivity index (χ4v) is 8.52. The van der Waals surface area contributed by atoms with E-state index < -0.39 is 49.5 Å². The maximum absolute atomic E-state index is 13.0. The van der Waals surface area contributed by atoms with E-state index in [2.05, 4.69) is 43.5 Å². The van der Waals surface area contributed by atoms with Crippen molar-refractivity contribution >= 4 is 11.9 Å². The lowest BCUT2D eigenvalue weighted by molar-refractivity contribution is -0.302. The van der Waals surface area contributed by atoms with Crippen LogP contribution in [0.4, 0.5) is 0 Å². The van der Waals surface area contributed by atoms with Crippen LogP contribution >= 0.6 is 0 Å². The number of aliphatic hydroxyl groups excluding tert-OH is 5. The number of aliphatic hydroxyl groups is 5. The summed E-state index contributed by atoms with van der Waals surface area (Å²) in [5.41, 5.74) is 0. The zero-order valence-electron chi connectivity index (χ0n) is 42.9. The van der Waals surface area contributed by atoms with Gasteiger partial charge in [0.2, 0.25) is 5.91 Å². The van der Waals surface area contributed by atoms with Crippen LogP contribution in [0.5, 0.6) is 0 Å². The summed E-state index contributed by atoms with van der Waals surface area (Å²) in [5, 5.41) is 54.1. The van der Waals surface area contributed by atoms with Gasteiger partial charge in [0.25, 0.3) is 0 Å². The molecule has 1 fully saturated rings. The zero-order valence-corrected chi connectivity index (χ0v) is 42.9. The number of hydrogen-bond acceptors (Lipinski definition) is 10. The predicted molar refractivity (Wildman–Crippen MR) is 274 cm³/mol. The summed E-state index contributed by atoms with van der Waals surface area (Å²) >= 11 is 0. The maximum Gasteiger partial charge on any atom is 0.305 e. The van der Waals surface area contributed by atoms with E-state index in [0.717, 1.165) is 83.5 Å². The SMILES string of the molecule is CCCCCC/C=C\C/C=C\CCCCCCCC(=O)OCCCCCCCCCCCCCCCCC(=O)NC(COC1OC(CO)C(O)C(O)C1O)C(O)/C=C/CCCCCCCCC. The molecule has 7 unspecified atom stereocenters. The highest BCUT2D eigenvalue weighted by Gasteiger charge is 2.44.